The van der Waals surface area contributed by atoms with Crippen molar-refractivity contribution in [1.82, 2.24) is 4.90 Å². The second-order valence-electron chi connectivity index (χ2n) is 6.08. The number of methoxy groups -OCH3 is 1. The van der Waals surface area contributed by atoms with Crippen molar-refractivity contribution in [3.05, 3.63) is 29.3 Å². The fourth-order valence-corrected chi connectivity index (χ4v) is 4.30. The van der Waals surface area contributed by atoms with Crippen LogP contribution in [0.5, 0.6) is 5.75 Å². The highest BCUT2D eigenvalue weighted by Gasteiger charge is 2.26. The Labute approximate surface area is 142 Å². The van der Waals surface area contributed by atoms with Gasteiger partial charge in [-0.25, -0.2) is 0 Å². The van der Waals surface area contributed by atoms with Gasteiger partial charge in [0, 0.05) is 30.1 Å². The third-order valence-electron chi connectivity index (χ3n) is 4.35. The minimum absolute atomic E-state index is 0.0928. The fraction of sp³-hybridized carbons (Fsp3) is 0.500. The zero-order valence-corrected chi connectivity index (χ0v) is 14.7. The number of nitrogens with zero attached hydrogens (tertiary/aromatic N) is 2. The molecule has 2 aliphatic heterocycles. The molecule has 0 spiro atoms. The van der Waals surface area contributed by atoms with Crippen LogP contribution in [0.1, 0.15) is 26.2 Å². The normalized spacial score (nSPS) is 19.9. The van der Waals surface area contributed by atoms with Crippen molar-refractivity contribution in [2.24, 2.45) is 0 Å². The smallest absolute Gasteiger partial charge is 0.155 e. The second kappa shape index (κ2) is 7.41. The molecule has 0 aromatic heterocycles. The summed E-state index contributed by atoms with van der Waals surface area (Å²) in [5.41, 5.74) is 1.15. The van der Waals surface area contributed by atoms with Gasteiger partial charge in [-0.3, -0.25) is 4.79 Å². The lowest BCUT2D eigenvalue weighted by Gasteiger charge is -2.29. The van der Waals surface area contributed by atoms with Gasteiger partial charge in [0.25, 0.3) is 0 Å². The number of thioether (sulfide) groups is 1. The van der Waals surface area contributed by atoms with Crippen molar-refractivity contribution >= 4 is 23.2 Å². The number of carbonyl (C=O) groups excluding carboxylic acids is 1. The molecule has 0 saturated carbocycles. The quantitative estimate of drug-likeness (QED) is 0.771. The van der Waals surface area contributed by atoms with Crippen molar-refractivity contribution in [2.45, 2.75) is 31.1 Å². The van der Waals surface area contributed by atoms with Crippen LogP contribution in [0.3, 0.4) is 0 Å². The van der Waals surface area contributed by atoms with Crippen molar-refractivity contribution < 1.29 is 9.53 Å². The van der Waals surface area contributed by atoms with Crippen molar-refractivity contribution in [3.63, 3.8) is 0 Å². The maximum atomic E-state index is 11.6. The molecule has 4 nitrogen and oxygen atoms in total. The Bertz CT molecular complexity index is 609. The lowest BCUT2D eigenvalue weighted by molar-refractivity contribution is -0.112. The molecule has 0 unspecified atom stereocenters. The molecule has 1 fully saturated rings. The first-order valence-corrected chi connectivity index (χ1v) is 9.07. The zero-order valence-electron chi connectivity index (χ0n) is 13.9. The molecule has 124 valence electrons. The van der Waals surface area contributed by atoms with Crippen LogP contribution in [0.25, 0.3) is 0 Å². The lowest BCUT2D eigenvalue weighted by Crippen LogP contribution is -2.36. The van der Waals surface area contributed by atoms with Gasteiger partial charge in [0.1, 0.15) is 5.75 Å². The molecule has 2 heterocycles. The van der Waals surface area contributed by atoms with Gasteiger partial charge in [0.15, 0.2) is 5.78 Å². The molecule has 0 atom stereocenters. The van der Waals surface area contributed by atoms with Gasteiger partial charge in [0.05, 0.1) is 17.8 Å². The Balaban J connectivity index is 1.79. The number of hydrogen-bond acceptors (Lipinski definition) is 5. The molecule has 2 aliphatic rings. The van der Waals surface area contributed by atoms with E-state index in [1.165, 1.54) is 37.2 Å². The monoisotopic (exact) mass is 332 g/mol. The Hall–Kier alpha value is -1.46. The van der Waals surface area contributed by atoms with Crippen molar-refractivity contribution in [2.75, 3.05) is 38.2 Å². The molecular weight excluding hydrogens is 308 g/mol. The van der Waals surface area contributed by atoms with E-state index >= 15 is 0 Å². The fourth-order valence-electron chi connectivity index (χ4n) is 3.14. The maximum Gasteiger partial charge on any atom is 0.155 e. The number of carbonyl (C=O) groups is 1. The number of ketones is 1. The highest BCUT2D eigenvalue weighted by molar-refractivity contribution is 8.03. The van der Waals surface area contributed by atoms with Crippen LogP contribution >= 0.6 is 11.8 Å². The van der Waals surface area contributed by atoms with E-state index in [2.05, 4.69) is 21.9 Å². The van der Waals surface area contributed by atoms with Gasteiger partial charge < -0.3 is 14.5 Å². The second-order valence-corrected chi connectivity index (χ2v) is 7.15. The van der Waals surface area contributed by atoms with Gasteiger partial charge >= 0.3 is 0 Å². The Morgan fingerprint density at radius 1 is 1.26 bits per heavy atom. The molecular formula is C18H24N2O2S. The first kappa shape index (κ1) is 16.4. The Kier molecular flexibility index (Phi) is 5.28. The number of piperidine rings is 1. The van der Waals surface area contributed by atoms with E-state index in [1.807, 2.05) is 6.07 Å². The highest BCUT2D eigenvalue weighted by Crippen LogP contribution is 2.47. The number of hydrogen-bond donors (Lipinski definition) is 0. The first-order valence-electron chi connectivity index (χ1n) is 8.25. The minimum atomic E-state index is 0.0928. The van der Waals surface area contributed by atoms with E-state index in [0.29, 0.717) is 0 Å². The molecule has 0 N–H and O–H groups in total. The summed E-state index contributed by atoms with van der Waals surface area (Å²) in [6, 6.07) is 6.12. The third-order valence-corrected chi connectivity index (χ3v) is 5.47. The molecule has 0 bridgehead atoms. The molecule has 1 saturated heterocycles. The van der Waals surface area contributed by atoms with E-state index in [0.717, 1.165) is 29.6 Å². The van der Waals surface area contributed by atoms with Gasteiger partial charge in [-0.1, -0.05) is 18.2 Å². The molecule has 3 rings (SSSR count). The minimum Gasteiger partial charge on any atom is -0.497 e. The van der Waals surface area contributed by atoms with E-state index in [1.54, 1.807) is 31.9 Å². The summed E-state index contributed by atoms with van der Waals surface area (Å²) in [4.78, 5) is 17.6. The molecule has 1 aromatic rings. The predicted octanol–water partition coefficient (Wildman–Crippen LogP) is 3.52. The van der Waals surface area contributed by atoms with Crippen LogP contribution in [-0.4, -0.2) is 44.0 Å². The van der Waals surface area contributed by atoms with Crippen LogP contribution in [0.15, 0.2) is 34.2 Å². The summed E-state index contributed by atoms with van der Waals surface area (Å²) in [5, 5.41) is 1.03. The number of benzene rings is 1. The van der Waals surface area contributed by atoms with Crippen LogP contribution < -0.4 is 9.64 Å². The molecule has 1 aromatic carbocycles. The van der Waals surface area contributed by atoms with Crippen LogP contribution in [0.4, 0.5) is 5.69 Å². The van der Waals surface area contributed by atoms with Gasteiger partial charge in [-0.2, -0.15) is 0 Å². The number of fused-ring (bicyclic) bond motifs is 1. The van der Waals surface area contributed by atoms with Gasteiger partial charge in [0.2, 0.25) is 0 Å². The molecule has 0 amide bonds. The molecule has 5 heteroatoms. The van der Waals surface area contributed by atoms with Crippen molar-refractivity contribution in [1.29, 1.82) is 0 Å². The first-order chi connectivity index (χ1) is 11.2. The topological polar surface area (TPSA) is 32.8 Å². The zero-order chi connectivity index (χ0) is 16.2. The largest absolute Gasteiger partial charge is 0.497 e. The number of anilines is 1. The number of likely N-dealkylation sites (tertiary alicyclic amines) is 1. The number of ether oxygens (including phenoxy) is 1. The predicted molar refractivity (Wildman–Crippen MR) is 95.3 cm³/mol. The average Bonchev–Trinajstić information content (AvgIpc) is 2.89. The van der Waals surface area contributed by atoms with E-state index in [9.17, 15) is 4.79 Å². The SMILES string of the molecule is COc1ccc2c(c1)N(CCN1CCCCC1)/C(=C/C(C)=O)S2. The highest BCUT2D eigenvalue weighted by atomic mass is 32.2. The number of allylic oxidation sites excluding steroid dienone is 1. The summed E-state index contributed by atoms with van der Waals surface area (Å²) < 4.78 is 5.37. The summed E-state index contributed by atoms with van der Waals surface area (Å²) in [5.74, 6) is 0.951. The lowest BCUT2D eigenvalue weighted by atomic mass is 10.1. The Morgan fingerprint density at radius 2 is 2.04 bits per heavy atom. The summed E-state index contributed by atoms with van der Waals surface area (Å²) in [7, 11) is 1.69. The molecule has 0 aliphatic carbocycles. The van der Waals surface area contributed by atoms with E-state index in [-0.39, 0.29) is 5.78 Å². The maximum absolute atomic E-state index is 11.6. The van der Waals surface area contributed by atoms with Crippen molar-refractivity contribution in [3.8, 4) is 5.75 Å². The Morgan fingerprint density at radius 3 is 2.74 bits per heavy atom. The van der Waals surface area contributed by atoms with E-state index in [4.69, 9.17) is 4.74 Å². The average molecular weight is 332 g/mol. The summed E-state index contributed by atoms with van der Waals surface area (Å²) in [6.45, 7) is 5.94. The molecule has 0 radical (unpaired) electrons. The van der Waals surface area contributed by atoms with Gasteiger partial charge in [-0.15, -0.1) is 0 Å². The van der Waals surface area contributed by atoms with Crippen LogP contribution in [0, 0.1) is 0 Å². The number of rotatable bonds is 5. The summed E-state index contributed by atoms with van der Waals surface area (Å²) >= 11 is 1.67. The molecule has 23 heavy (non-hydrogen) atoms. The standard InChI is InChI=1S/C18H24N2O2S/c1-14(21)12-18-20(11-10-19-8-4-3-5-9-19)16-13-15(22-2)6-7-17(16)23-18/h6-7,12-13H,3-5,8-11H2,1-2H3/b18-12-. The van der Waals surface area contributed by atoms with Crippen LogP contribution in [0.2, 0.25) is 0 Å². The van der Waals surface area contributed by atoms with Gasteiger partial charge in [-0.05, 0) is 45.0 Å². The van der Waals surface area contributed by atoms with E-state index < -0.39 is 0 Å². The third kappa shape index (κ3) is 3.90. The summed E-state index contributed by atoms with van der Waals surface area (Å²) in [6.07, 6.45) is 5.70. The van der Waals surface area contributed by atoms with Crippen LogP contribution in [-0.2, 0) is 4.79 Å².